The van der Waals surface area contributed by atoms with Crippen molar-refractivity contribution in [3.05, 3.63) is 62.1 Å². The number of nitrogens with zero attached hydrogens (tertiary/aromatic N) is 3. The number of aromatic nitrogens is 1. The summed E-state index contributed by atoms with van der Waals surface area (Å²) >= 11 is 0. The summed E-state index contributed by atoms with van der Waals surface area (Å²) in [6, 6.07) is 4.93. The largest absolute Gasteiger partial charge is 0.482 e. The third-order valence-electron chi connectivity index (χ3n) is 4.89. The lowest BCUT2D eigenvalue weighted by Gasteiger charge is -2.29. The van der Waals surface area contributed by atoms with Gasteiger partial charge in [0.25, 0.3) is 17.2 Å². The highest BCUT2D eigenvalue weighted by molar-refractivity contribution is 6.03. The molecule has 0 aliphatic carbocycles. The molecule has 2 aromatic rings. The molecule has 0 fully saturated rings. The van der Waals surface area contributed by atoms with Crippen LogP contribution in [0.5, 0.6) is 5.75 Å². The third-order valence-corrected chi connectivity index (χ3v) is 4.89. The SMILES string of the molecule is CCCN1C(=O)COc2ccc(C(=O)C(C)n3cc([N+](=O)[O-])c(C)cc3=O)cc21. The molecule has 0 radical (unpaired) electrons. The molecule has 2 heterocycles. The number of carbonyl (C=O) groups is 2. The van der Waals surface area contributed by atoms with E-state index in [1.807, 2.05) is 6.92 Å². The second kappa shape index (κ2) is 7.86. The summed E-state index contributed by atoms with van der Waals surface area (Å²) in [4.78, 5) is 49.7. The average molecular weight is 399 g/mol. The first kappa shape index (κ1) is 20.2. The molecular weight excluding hydrogens is 378 g/mol. The van der Waals surface area contributed by atoms with Gasteiger partial charge in [0.2, 0.25) is 0 Å². The van der Waals surface area contributed by atoms with Gasteiger partial charge in [0.1, 0.15) is 5.75 Å². The standard InChI is InChI=1S/C20H21N3O6/c1-4-7-21-15-9-14(5-6-17(15)29-11-19(21)25)20(26)13(3)22-10-16(23(27)28)12(2)8-18(22)24/h5-6,8-10,13H,4,7,11H2,1-3H3. The van der Waals surface area contributed by atoms with Crippen molar-refractivity contribution in [3.8, 4) is 5.75 Å². The first-order valence-corrected chi connectivity index (χ1v) is 9.23. The van der Waals surface area contributed by atoms with Crippen LogP contribution >= 0.6 is 0 Å². The molecule has 0 spiro atoms. The highest BCUT2D eigenvalue weighted by atomic mass is 16.6. The Morgan fingerprint density at radius 2 is 2.03 bits per heavy atom. The lowest BCUT2D eigenvalue weighted by molar-refractivity contribution is -0.386. The molecule has 1 atom stereocenters. The van der Waals surface area contributed by atoms with Crippen LogP contribution in [-0.2, 0) is 4.79 Å². The molecule has 1 aliphatic rings. The van der Waals surface area contributed by atoms with Crippen molar-refractivity contribution in [1.82, 2.24) is 4.57 Å². The Kier molecular flexibility index (Phi) is 5.49. The number of rotatable bonds is 6. The van der Waals surface area contributed by atoms with Gasteiger partial charge in [0, 0.05) is 23.7 Å². The van der Waals surface area contributed by atoms with Crippen molar-refractivity contribution in [2.45, 2.75) is 33.2 Å². The number of carbonyl (C=O) groups excluding carboxylic acids is 2. The van der Waals surface area contributed by atoms with Crippen molar-refractivity contribution in [2.75, 3.05) is 18.1 Å². The van der Waals surface area contributed by atoms with Gasteiger partial charge in [0.15, 0.2) is 12.4 Å². The molecule has 3 rings (SSSR count). The van der Waals surface area contributed by atoms with Crippen molar-refractivity contribution >= 4 is 23.1 Å². The van der Waals surface area contributed by atoms with Crippen LogP contribution in [0.15, 0.2) is 35.3 Å². The van der Waals surface area contributed by atoms with Crippen LogP contribution in [-0.4, -0.2) is 34.3 Å². The minimum atomic E-state index is -0.959. The lowest BCUT2D eigenvalue weighted by atomic mass is 10.0. The number of Topliss-reactive ketones (excluding diaryl/α,β-unsaturated/α-hetero) is 1. The molecule has 9 nitrogen and oxygen atoms in total. The molecule has 0 saturated carbocycles. The van der Waals surface area contributed by atoms with Gasteiger partial charge in [-0.05, 0) is 38.5 Å². The fourth-order valence-electron chi connectivity index (χ4n) is 3.32. The predicted molar refractivity (Wildman–Crippen MR) is 106 cm³/mol. The maximum Gasteiger partial charge on any atom is 0.288 e. The van der Waals surface area contributed by atoms with Gasteiger partial charge >= 0.3 is 0 Å². The number of pyridine rings is 1. The van der Waals surface area contributed by atoms with Crippen LogP contribution in [0.1, 0.15) is 42.2 Å². The number of anilines is 1. The van der Waals surface area contributed by atoms with E-state index in [0.717, 1.165) is 23.3 Å². The smallest absolute Gasteiger partial charge is 0.288 e. The Bertz CT molecular complexity index is 1060. The number of benzene rings is 1. The fraction of sp³-hybridized carbons (Fsp3) is 0.350. The molecule has 0 N–H and O–H groups in total. The van der Waals surface area contributed by atoms with Gasteiger partial charge < -0.3 is 9.64 Å². The third kappa shape index (κ3) is 3.75. The van der Waals surface area contributed by atoms with E-state index in [1.165, 1.54) is 13.8 Å². The summed E-state index contributed by atoms with van der Waals surface area (Å²) in [5.74, 6) is -0.0877. The predicted octanol–water partition coefficient (Wildman–Crippen LogP) is 2.64. The van der Waals surface area contributed by atoms with E-state index >= 15 is 0 Å². The van der Waals surface area contributed by atoms with E-state index in [9.17, 15) is 24.5 Å². The molecule has 1 aromatic heterocycles. The number of ether oxygens (including phenoxy) is 1. The minimum Gasteiger partial charge on any atom is -0.482 e. The van der Waals surface area contributed by atoms with E-state index in [2.05, 4.69) is 0 Å². The van der Waals surface area contributed by atoms with E-state index in [-0.39, 0.29) is 29.3 Å². The van der Waals surface area contributed by atoms with Gasteiger partial charge in [0.05, 0.1) is 22.8 Å². The number of fused-ring (bicyclic) bond motifs is 1. The van der Waals surface area contributed by atoms with Crippen LogP contribution in [0, 0.1) is 17.0 Å². The molecule has 29 heavy (non-hydrogen) atoms. The van der Waals surface area contributed by atoms with Gasteiger partial charge in [-0.15, -0.1) is 0 Å². The van der Waals surface area contributed by atoms with Crippen LogP contribution in [0.25, 0.3) is 0 Å². The summed E-state index contributed by atoms with van der Waals surface area (Å²) in [7, 11) is 0. The van der Waals surface area contributed by atoms with Crippen molar-refractivity contribution in [3.63, 3.8) is 0 Å². The van der Waals surface area contributed by atoms with Crippen LogP contribution in [0.2, 0.25) is 0 Å². The monoisotopic (exact) mass is 399 g/mol. The zero-order valence-corrected chi connectivity index (χ0v) is 16.4. The number of ketones is 1. The van der Waals surface area contributed by atoms with E-state index in [1.54, 1.807) is 23.1 Å². The van der Waals surface area contributed by atoms with E-state index < -0.39 is 22.3 Å². The Balaban J connectivity index is 1.99. The second-order valence-electron chi connectivity index (χ2n) is 6.90. The number of aryl methyl sites for hydroxylation is 1. The highest BCUT2D eigenvalue weighted by Crippen LogP contribution is 2.34. The number of nitro groups is 1. The lowest BCUT2D eigenvalue weighted by Crippen LogP contribution is -2.39. The molecule has 1 aromatic carbocycles. The van der Waals surface area contributed by atoms with Crippen LogP contribution in [0.4, 0.5) is 11.4 Å². The Labute approximate surface area is 166 Å². The summed E-state index contributed by atoms with van der Waals surface area (Å²) in [5, 5.41) is 11.2. The molecule has 1 aliphatic heterocycles. The number of hydrogen-bond donors (Lipinski definition) is 0. The van der Waals surface area contributed by atoms with Crippen molar-refractivity contribution in [1.29, 1.82) is 0 Å². The summed E-state index contributed by atoms with van der Waals surface area (Å²) < 4.78 is 6.49. The van der Waals surface area contributed by atoms with E-state index in [0.29, 0.717) is 18.0 Å². The summed E-state index contributed by atoms with van der Waals surface area (Å²) in [6.45, 7) is 5.36. The number of hydrogen-bond acceptors (Lipinski definition) is 6. The fourth-order valence-corrected chi connectivity index (χ4v) is 3.32. The van der Waals surface area contributed by atoms with E-state index in [4.69, 9.17) is 4.74 Å². The molecule has 0 bridgehead atoms. The van der Waals surface area contributed by atoms with Crippen LogP contribution < -0.4 is 15.2 Å². The zero-order valence-electron chi connectivity index (χ0n) is 16.4. The maximum absolute atomic E-state index is 13.0. The Hall–Kier alpha value is -3.49. The zero-order chi connectivity index (χ0) is 21.3. The van der Waals surface area contributed by atoms with Gasteiger partial charge in [-0.3, -0.25) is 29.1 Å². The summed E-state index contributed by atoms with van der Waals surface area (Å²) in [6.07, 6.45) is 1.83. The quantitative estimate of drug-likeness (QED) is 0.419. The minimum absolute atomic E-state index is 0.0564. The Morgan fingerprint density at radius 3 is 2.69 bits per heavy atom. The Morgan fingerprint density at radius 1 is 1.31 bits per heavy atom. The van der Waals surface area contributed by atoms with Crippen molar-refractivity contribution in [2.24, 2.45) is 0 Å². The molecule has 9 heteroatoms. The van der Waals surface area contributed by atoms with Gasteiger partial charge in [-0.2, -0.15) is 0 Å². The van der Waals surface area contributed by atoms with Crippen molar-refractivity contribution < 1.29 is 19.2 Å². The topological polar surface area (TPSA) is 112 Å². The normalized spacial score (nSPS) is 14.2. The van der Waals surface area contributed by atoms with Gasteiger partial charge in [-0.25, -0.2) is 0 Å². The first-order chi connectivity index (χ1) is 13.7. The first-order valence-electron chi connectivity index (χ1n) is 9.23. The molecular formula is C20H21N3O6. The summed E-state index contributed by atoms with van der Waals surface area (Å²) in [5.41, 5.74) is 0.283. The molecule has 152 valence electrons. The van der Waals surface area contributed by atoms with Crippen LogP contribution in [0.3, 0.4) is 0 Å². The maximum atomic E-state index is 13.0. The average Bonchev–Trinajstić information content (AvgIpc) is 2.68. The molecule has 1 unspecified atom stereocenters. The second-order valence-corrected chi connectivity index (χ2v) is 6.90. The molecule has 0 saturated heterocycles. The highest BCUT2D eigenvalue weighted by Gasteiger charge is 2.28. The molecule has 1 amide bonds. The van der Waals surface area contributed by atoms with Gasteiger partial charge in [-0.1, -0.05) is 6.92 Å². The number of amides is 1.